The number of aromatic nitrogens is 1. The summed E-state index contributed by atoms with van der Waals surface area (Å²) in [5.74, 6) is 0.229. The molecule has 1 aliphatic carbocycles. The molecule has 1 aromatic heterocycles. The van der Waals surface area contributed by atoms with Crippen molar-refractivity contribution in [3.05, 3.63) is 64.4 Å². The quantitative estimate of drug-likeness (QED) is 0.331. The van der Waals surface area contributed by atoms with Crippen LogP contribution < -0.4 is 16.8 Å². The van der Waals surface area contributed by atoms with Crippen LogP contribution in [0.2, 0.25) is 5.02 Å². The molecule has 1 atom stereocenters. The number of aliphatic imine (C=N–C) groups is 1. The molecule has 5 N–H and O–H groups in total. The van der Waals surface area contributed by atoms with E-state index in [0.29, 0.717) is 27.8 Å². The third-order valence-electron chi connectivity index (χ3n) is 8.71. The smallest absolute Gasteiger partial charge is 0.275 e. The molecule has 2 heterocycles. The first-order valence-corrected chi connectivity index (χ1v) is 15.4. The van der Waals surface area contributed by atoms with Gasteiger partial charge in [0.05, 0.1) is 17.2 Å². The fourth-order valence-electron chi connectivity index (χ4n) is 6.26. The maximum absolute atomic E-state index is 14.5. The topological polar surface area (TPSA) is 127 Å². The highest BCUT2D eigenvalue weighted by Crippen LogP contribution is 2.50. The molecule has 2 aliphatic rings. The number of nitrogens with one attached hydrogen (secondary N) is 1. The van der Waals surface area contributed by atoms with Gasteiger partial charge in [0, 0.05) is 30.1 Å². The first-order chi connectivity index (χ1) is 19.6. The van der Waals surface area contributed by atoms with Gasteiger partial charge in [0.25, 0.3) is 11.8 Å². The van der Waals surface area contributed by atoms with Crippen LogP contribution in [0.15, 0.2) is 47.7 Å². The van der Waals surface area contributed by atoms with Gasteiger partial charge in [-0.2, -0.15) is 0 Å². The Morgan fingerprint density at radius 2 is 1.74 bits per heavy atom. The fraction of sp³-hybridized carbons (Fsp3) is 0.576. The van der Waals surface area contributed by atoms with Crippen molar-refractivity contribution < 1.29 is 9.59 Å². The summed E-state index contributed by atoms with van der Waals surface area (Å²) >= 11 is 6.30. The molecule has 8 nitrogen and oxygen atoms in total. The Labute approximate surface area is 255 Å². The van der Waals surface area contributed by atoms with E-state index >= 15 is 0 Å². The van der Waals surface area contributed by atoms with Crippen LogP contribution in [0.5, 0.6) is 0 Å². The van der Waals surface area contributed by atoms with Gasteiger partial charge in [-0.3, -0.25) is 19.6 Å². The molecule has 228 valence electrons. The number of amides is 2. The van der Waals surface area contributed by atoms with Gasteiger partial charge in [0.2, 0.25) is 0 Å². The summed E-state index contributed by atoms with van der Waals surface area (Å²) in [6.07, 6.45) is 7.87. The van der Waals surface area contributed by atoms with Crippen LogP contribution in [0.1, 0.15) is 108 Å². The molecule has 1 aromatic carbocycles. The van der Waals surface area contributed by atoms with Crippen molar-refractivity contribution in [2.75, 3.05) is 6.54 Å². The van der Waals surface area contributed by atoms with Crippen molar-refractivity contribution >= 4 is 29.1 Å². The molecule has 4 rings (SSSR count). The minimum Gasteiger partial charge on any atom is -0.349 e. The third kappa shape index (κ3) is 7.39. The van der Waals surface area contributed by atoms with E-state index in [1.807, 2.05) is 24.3 Å². The molecule has 0 radical (unpaired) electrons. The van der Waals surface area contributed by atoms with E-state index in [9.17, 15) is 9.59 Å². The summed E-state index contributed by atoms with van der Waals surface area (Å²) in [4.78, 5) is 38.7. The Hall–Kier alpha value is -2.81. The second-order valence-corrected chi connectivity index (χ2v) is 14.7. The Kier molecular flexibility index (Phi) is 9.50. The van der Waals surface area contributed by atoms with Gasteiger partial charge >= 0.3 is 0 Å². The summed E-state index contributed by atoms with van der Waals surface area (Å²) in [6.45, 7) is 13.7. The molecule has 1 unspecified atom stereocenters. The van der Waals surface area contributed by atoms with Crippen LogP contribution in [-0.2, 0) is 4.79 Å². The zero-order chi connectivity index (χ0) is 30.9. The predicted octanol–water partition coefficient (Wildman–Crippen LogP) is 5.84. The number of hydrogen-bond donors (Lipinski definition) is 3. The van der Waals surface area contributed by atoms with Gasteiger partial charge in [0.1, 0.15) is 11.4 Å². The minimum absolute atomic E-state index is 0.0689. The normalized spacial score (nSPS) is 22.0. The number of benzene rings is 1. The fourth-order valence-corrected chi connectivity index (χ4v) is 6.43. The number of rotatable bonds is 8. The zero-order valence-corrected chi connectivity index (χ0v) is 26.7. The number of hydrogen-bond acceptors (Lipinski definition) is 6. The van der Waals surface area contributed by atoms with Crippen molar-refractivity contribution in [3.63, 3.8) is 0 Å². The van der Waals surface area contributed by atoms with Gasteiger partial charge in [-0.05, 0) is 79.0 Å². The monoisotopic (exact) mass is 594 g/mol. The number of carbonyl (C=O) groups excluding carboxylic acids is 2. The molecule has 1 fully saturated rings. The molecular formula is C33H47ClN6O2. The van der Waals surface area contributed by atoms with Crippen molar-refractivity contribution in [3.8, 4) is 0 Å². The molecule has 2 amide bonds. The van der Waals surface area contributed by atoms with E-state index in [1.54, 1.807) is 18.5 Å². The molecule has 9 heteroatoms. The van der Waals surface area contributed by atoms with Crippen LogP contribution in [0, 0.1) is 16.7 Å². The van der Waals surface area contributed by atoms with E-state index in [1.165, 1.54) is 0 Å². The Balaban J connectivity index is 1.75. The van der Waals surface area contributed by atoms with Crippen molar-refractivity contribution in [2.24, 2.45) is 33.2 Å². The molecule has 42 heavy (non-hydrogen) atoms. The van der Waals surface area contributed by atoms with E-state index in [0.717, 1.165) is 44.1 Å². The molecule has 1 aliphatic heterocycles. The lowest BCUT2D eigenvalue weighted by molar-refractivity contribution is -0.134. The molecule has 0 saturated heterocycles. The van der Waals surface area contributed by atoms with E-state index in [4.69, 9.17) is 28.1 Å². The van der Waals surface area contributed by atoms with Gasteiger partial charge < -0.3 is 21.7 Å². The average molecular weight is 595 g/mol. The van der Waals surface area contributed by atoms with Crippen LogP contribution in [-0.4, -0.2) is 45.8 Å². The van der Waals surface area contributed by atoms with Crippen LogP contribution in [0.3, 0.4) is 0 Å². The molecular weight excluding hydrogens is 548 g/mol. The number of pyridine rings is 1. The van der Waals surface area contributed by atoms with Crippen molar-refractivity contribution in [1.82, 2.24) is 15.2 Å². The molecule has 2 aromatic rings. The predicted molar refractivity (Wildman–Crippen MR) is 169 cm³/mol. The summed E-state index contributed by atoms with van der Waals surface area (Å²) in [5, 5.41) is 3.23. The maximum atomic E-state index is 14.5. The summed E-state index contributed by atoms with van der Waals surface area (Å²) in [6, 6.07) is 9.10. The second kappa shape index (κ2) is 12.4. The van der Waals surface area contributed by atoms with E-state index in [2.05, 4.69) is 56.7 Å². The van der Waals surface area contributed by atoms with Crippen molar-refractivity contribution in [2.45, 2.75) is 97.9 Å². The highest BCUT2D eigenvalue weighted by atomic mass is 35.5. The first-order valence-electron chi connectivity index (χ1n) is 15.0. The van der Waals surface area contributed by atoms with Gasteiger partial charge in [-0.1, -0.05) is 65.3 Å². The van der Waals surface area contributed by atoms with Gasteiger partial charge in [-0.15, -0.1) is 0 Å². The Morgan fingerprint density at radius 1 is 1.10 bits per heavy atom. The second-order valence-electron chi connectivity index (χ2n) is 14.3. The average Bonchev–Trinajstić information content (AvgIpc) is 3.18. The summed E-state index contributed by atoms with van der Waals surface area (Å²) < 4.78 is 0. The Bertz CT molecular complexity index is 1300. The third-order valence-corrected chi connectivity index (χ3v) is 8.92. The zero-order valence-electron chi connectivity index (χ0n) is 25.9. The van der Waals surface area contributed by atoms with Crippen LogP contribution in [0.4, 0.5) is 0 Å². The SMILES string of the molecule is CC(C)(C)CCC(c1ccc(C(=O)NCC(N)N)cc1)N1C(=O)C(c2cncc(Cl)c2)=NC12CCC(C(C)(C)C)CC2. The number of nitrogens with two attached hydrogens (primary N) is 2. The largest absolute Gasteiger partial charge is 0.349 e. The van der Waals surface area contributed by atoms with E-state index < -0.39 is 11.8 Å². The van der Waals surface area contributed by atoms with Gasteiger partial charge in [-0.25, -0.2) is 0 Å². The number of carbonyl (C=O) groups is 2. The molecule has 0 bridgehead atoms. The van der Waals surface area contributed by atoms with Crippen LogP contribution in [0.25, 0.3) is 0 Å². The Morgan fingerprint density at radius 3 is 2.29 bits per heavy atom. The van der Waals surface area contributed by atoms with E-state index in [-0.39, 0.29) is 35.2 Å². The lowest BCUT2D eigenvalue weighted by Gasteiger charge is -2.47. The summed E-state index contributed by atoms with van der Waals surface area (Å²) in [5.41, 5.74) is 13.4. The number of nitrogens with zero attached hydrogens (tertiary/aromatic N) is 3. The highest BCUT2D eigenvalue weighted by Gasteiger charge is 2.52. The number of halogens is 1. The molecule has 1 spiro atoms. The lowest BCUT2D eigenvalue weighted by atomic mass is 9.69. The first kappa shape index (κ1) is 32.1. The lowest BCUT2D eigenvalue weighted by Crippen LogP contribution is -2.51. The minimum atomic E-state index is -0.646. The summed E-state index contributed by atoms with van der Waals surface area (Å²) in [7, 11) is 0. The highest BCUT2D eigenvalue weighted by molar-refractivity contribution is 6.47. The van der Waals surface area contributed by atoms with Crippen LogP contribution >= 0.6 is 11.6 Å². The molecule has 1 saturated carbocycles. The van der Waals surface area contributed by atoms with Crippen molar-refractivity contribution in [1.29, 1.82) is 0 Å². The van der Waals surface area contributed by atoms with Gasteiger partial charge in [0.15, 0.2) is 0 Å². The maximum Gasteiger partial charge on any atom is 0.275 e. The standard InChI is InChI=1S/C33H47ClN6O2/c1-31(2,3)14-13-26(21-7-9-22(10-8-21)29(41)38-20-27(35)36)40-30(42)28(23-17-25(34)19-37-18-23)39-33(40)15-11-24(12-16-33)32(4,5)6/h7-10,17-19,24,26-27H,11-16,20,35-36H2,1-6H3,(H,38,41).